The summed E-state index contributed by atoms with van der Waals surface area (Å²) >= 11 is 2.02. The standard InChI is InChI=1S/C26H34N4OS/c1-28-11-13-30(14-12-28)25-4-2-3-20-5-8-22(19-24(20)25)27-26(31)21-6-9-23(10-7-21)29-15-17-32-18-16-29/h2-4,6-7,9-10,22H,5,8,11-19H2,1H3,(H,27,31)/t22-/m1/s1. The largest absolute Gasteiger partial charge is 0.370 e. The van der Waals surface area contributed by atoms with E-state index >= 15 is 0 Å². The molecule has 0 saturated carbocycles. The van der Waals surface area contributed by atoms with Gasteiger partial charge in [-0.2, -0.15) is 11.8 Å². The molecule has 2 aliphatic heterocycles. The number of likely N-dealkylation sites (N-methyl/N-ethyl adjacent to an activating group) is 1. The molecule has 1 aliphatic carbocycles. The second-order valence-electron chi connectivity index (χ2n) is 9.26. The second-order valence-corrected chi connectivity index (χ2v) is 10.5. The zero-order valence-electron chi connectivity index (χ0n) is 19.1. The SMILES string of the molecule is CN1CCN(c2cccc3c2C[C@H](NC(=O)c2ccc(N4CCSCC4)cc2)CC3)CC1. The minimum atomic E-state index is 0.0521. The van der Waals surface area contributed by atoms with E-state index in [1.807, 2.05) is 23.9 Å². The highest BCUT2D eigenvalue weighted by atomic mass is 32.2. The van der Waals surface area contributed by atoms with Gasteiger partial charge in [0.1, 0.15) is 0 Å². The van der Waals surface area contributed by atoms with Gasteiger partial charge >= 0.3 is 0 Å². The first-order valence-corrected chi connectivity index (χ1v) is 13.1. The van der Waals surface area contributed by atoms with Crippen molar-refractivity contribution in [2.75, 3.05) is 67.6 Å². The summed E-state index contributed by atoms with van der Waals surface area (Å²) in [5.41, 5.74) is 6.25. The van der Waals surface area contributed by atoms with Crippen molar-refractivity contribution in [1.29, 1.82) is 0 Å². The Morgan fingerprint density at radius 3 is 2.44 bits per heavy atom. The fraction of sp³-hybridized carbons (Fsp3) is 0.500. The minimum absolute atomic E-state index is 0.0521. The molecule has 2 fully saturated rings. The maximum atomic E-state index is 13.0. The number of anilines is 2. The van der Waals surface area contributed by atoms with Crippen molar-refractivity contribution in [3.8, 4) is 0 Å². The van der Waals surface area contributed by atoms with Crippen LogP contribution in [0.1, 0.15) is 27.9 Å². The van der Waals surface area contributed by atoms with Gasteiger partial charge in [-0.15, -0.1) is 0 Å². The van der Waals surface area contributed by atoms with Crippen LogP contribution in [0, 0.1) is 0 Å². The van der Waals surface area contributed by atoms with Gasteiger partial charge in [0.05, 0.1) is 0 Å². The van der Waals surface area contributed by atoms with E-state index in [-0.39, 0.29) is 11.9 Å². The van der Waals surface area contributed by atoms with E-state index < -0.39 is 0 Å². The number of carbonyl (C=O) groups is 1. The smallest absolute Gasteiger partial charge is 0.251 e. The highest BCUT2D eigenvalue weighted by molar-refractivity contribution is 7.99. The summed E-state index contributed by atoms with van der Waals surface area (Å²) in [6.45, 7) is 6.55. The molecule has 0 bridgehead atoms. The van der Waals surface area contributed by atoms with Crippen LogP contribution in [0.2, 0.25) is 0 Å². The van der Waals surface area contributed by atoms with E-state index in [2.05, 4.69) is 57.4 Å². The fourth-order valence-corrected chi connectivity index (χ4v) is 6.05. The number of thioether (sulfide) groups is 1. The molecule has 2 heterocycles. The summed E-state index contributed by atoms with van der Waals surface area (Å²) in [6.07, 6.45) is 2.97. The molecule has 1 amide bonds. The van der Waals surface area contributed by atoms with Crippen LogP contribution >= 0.6 is 11.8 Å². The summed E-state index contributed by atoms with van der Waals surface area (Å²) in [7, 11) is 2.20. The number of rotatable bonds is 4. The Hall–Kier alpha value is -2.18. The van der Waals surface area contributed by atoms with Crippen molar-refractivity contribution in [3.05, 3.63) is 59.2 Å². The number of nitrogens with one attached hydrogen (secondary N) is 1. The van der Waals surface area contributed by atoms with Crippen molar-refractivity contribution in [2.24, 2.45) is 0 Å². The Morgan fingerprint density at radius 2 is 1.69 bits per heavy atom. The van der Waals surface area contributed by atoms with E-state index in [0.717, 1.165) is 64.1 Å². The lowest BCUT2D eigenvalue weighted by atomic mass is 9.86. The summed E-state index contributed by atoms with van der Waals surface area (Å²) in [4.78, 5) is 20.3. The number of carbonyl (C=O) groups excluding carboxylic acids is 1. The van der Waals surface area contributed by atoms with Gasteiger partial charge in [-0.05, 0) is 67.8 Å². The van der Waals surface area contributed by atoms with Crippen LogP contribution in [0.25, 0.3) is 0 Å². The van der Waals surface area contributed by atoms with E-state index in [1.165, 1.54) is 34.0 Å². The van der Waals surface area contributed by atoms with Crippen LogP contribution in [0.15, 0.2) is 42.5 Å². The number of hydrogen-bond donors (Lipinski definition) is 1. The monoisotopic (exact) mass is 450 g/mol. The Bertz CT molecular complexity index is 933. The van der Waals surface area contributed by atoms with Gasteiger partial charge in [-0.3, -0.25) is 4.79 Å². The summed E-state index contributed by atoms with van der Waals surface area (Å²) in [5, 5.41) is 3.33. The Kier molecular flexibility index (Phi) is 6.60. The van der Waals surface area contributed by atoms with Gasteiger partial charge in [-0.25, -0.2) is 0 Å². The zero-order chi connectivity index (χ0) is 21.9. The molecule has 2 aromatic carbocycles. The second kappa shape index (κ2) is 9.75. The van der Waals surface area contributed by atoms with Crippen LogP contribution in [0.5, 0.6) is 0 Å². The number of benzene rings is 2. The molecular weight excluding hydrogens is 416 g/mol. The number of nitrogens with zero attached hydrogens (tertiary/aromatic N) is 3. The molecule has 5 rings (SSSR count). The predicted octanol–water partition coefficient (Wildman–Crippen LogP) is 3.28. The normalized spacial score (nSPS) is 21.8. The molecule has 2 saturated heterocycles. The predicted molar refractivity (Wildman–Crippen MR) is 135 cm³/mol. The molecule has 2 aromatic rings. The lowest BCUT2D eigenvalue weighted by molar-refractivity contribution is 0.0933. The maximum absolute atomic E-state index is 13.0. The van der Waals surface area contributed by atoms with Gasteiger partial charge in [-0.1, -0.05) is 12.1 Å². The van der Waals surface area contributed by atoms with Gasteiger partial charge in [0.25, 0.3) is 5.91 Å². The van der Waals surface area contributed by atoms with Crippen molar-refractivity contribution < 1.29 is 4.79 Å². The topological polar surface area (TPSA) is 38.8 Å². The third-order valence-corrected chi connectivity index (χ3v) is 8.09. The molecule has 6 heteroatoms. The highest BCUT2D eigenvalue weighted by Crippen LogP contribution is 2.31. The average molecular weight is 451 g/mol. The Labute approximate surface area is 196 Å². The van der Waals surface area contributed by atoms with Crippen LogP contribution in [0.4, 0.5) is 11.4 Å². The van der Waals surface area contributed by atoms with E-state index in [1.54, 1.807) is 0 Å². The average Bonchev–Trinajstić information content (AvgIpc) is 2.85. The quantitative estimate of drug-likeness (QED) is 0.774. The third-order valence-electron chi connectivity index (χ3n) is 7.15. The third kappa shape index (κ3) is 4.76. The van der Waals surface area contributed by atoms with E-state index in [9.17, 15) is 4.79 Å². The summed E-state index contributed by atoms with van der Waals surface area (Å²) in [6, 6.07) is 15.1. The van der Waals surface area contributed by atoms with E-state index in [4.69, 9.17) is 0 Å². The Balaban J connectivity index is 1.24. The fourth-order valence-electron chi connectivity index (χ4n) is 5.15. The molecular formula is C26H34N4OS. The molecule has 0 unspecified atom stereocenters. The number of amides is 1. The lowest BCUT2D eigenvalue weighted by Gasteiger charge is -2.37. The minimum Gasteiger partial charge on any atom is -0.370 e. The van der Waals surface area contributed by atoms with Crippen LogP contribution in [-0.2, 0) is 12.8 Å². The first-order valence-electron chi connectivity index (χ1n) is 12.0. The van der Waals surface area contributed by atoms with Crippen molar-refractivity contribution in [2.45, 2.75) is 25.3 Å². The maximum Gasteiger partial charge on any atom is 0.251 e. The van der Waals surface area contributed by atoms with Crippen LogP contribution in [-0.4, -0.2) is 74.7 Å². The van der Waals surface area contributed by atoms with Crippen molar-refractivity contribution in [1.82, 2.24) is 10.2 Å². The summed E-state index contributed by atoms with van der Waals surface area (Å²) < 4.78 is 0. The van der Waals surface area contributed by atoms with Gasteiger partial charge in [0.15, 0.2) is 0 Å². The van der Waals surface area contributed by atoms with Gasteiger partial charge in [0, 0.05) is 73.8 Å². The van der Waals surface area contributed by atoms with Crippen LogP contribution < -0.4 is 15.1 Å². The molecule has 0 aromatic heterocycles. The number of hydrogen-bond acceptors (Lipinski definition) is 5. The lowest BCUT2D eigenvalue weighted by Crippen LogP contribution is -2.45. The molecule has 170 valence electrons. The molecule has 32 heavy (non-hydrogen) atoms. The van der Waals surface area contributed by atoms with Crippen molar-refractivity contribution >= 4 is 29.0 Å². The molecule has 1 atom stereocenters. The number of fused-ring (bicyclic) bond motifs is 1. The highest BCUT2D eigenvalue weighted by Gasteiger charge is 2.25. The van der Waals surface area contributed by atoms with Crippen molar-refractivity contribution in [3.63, 3.8) is 0 Å². The number of piperazine rings is 1. The molecule has 1 N–H and O–H groups in total. The molecule has 5 nitrogen and oxygen atoms in total. The Morgan fingerprint density at radius 1 is 0.938 bits per heavy atom. The van der Waals surface area contributed by atoms with Gasteiger partial charge in [0.2, 0.25) is 0 Å². The summed E-state index contributed by atoms with van der Waals surface area (Å²) in [5.74, 6) is 2.42. The van der Waals surface area contributed by atoms with E-state index in [0.29, 0.717) is 0 Å². The molecule has 0 radical (unpaired) electrons. The molecule has 3 aliphatic rings. The van der Waals surface area contributed by atoms with Gasteiger partial charge < -0.3 is 20.0 Å². The number of aryl methyl sites for hydroxylation is 1. The first-order chi connectivity index (χ1) is 15.7. The molecule has 0 spiro atoms. The van der Waals surface area contributed by atoms with Crippen LogP contribution in [0.3, 0.4) is 0 Å². The zero-order valence-corrected chi connectivity index (χ0v) is 19.9. The first kappa shape index (κ1) is 21.7.